The first-order valence-electron chi connectivity index (χ1n) is 6.31. The zero-order valence-electron chi connectivity index (χ0n) is 11.4. The molecule has 2 rings (SSSR count). The SMILES string of the molecule is Cc1nc(SCC(N)(C(=O)O)C2CC2)nc(C)c1C. The number of carbonyl (C=O) groups is 1. The Kier molecular flexibility index (Phi) is 3.82. The number of aliphatic carboxylic acids is 1. The third-order valence-electron chi connectivity index (χ3n) is 3.76. The third-order valence-corrected chi connectivity index (χ3v) is 4.82. The van der Waals surface area contributed by atoms with Crippen LogP contribution in [0.25, 0.3) is 0 Å². The van der Waals surface area contributed by atoms with E-state index in [1.807, 2.05) is 20.8 Å². The topological polar surface area (TPSA) is 89.1 Å². The predicted octanol–water partition coefficient (Wildman–Crippen LogP) is 1.69. The van der Waals surface area contributed by atoms with Crippen molar-refractivity contribution in [1.29, 1.82) is 0 Å². The van der Waals surface area contributed by atoms with Crippen LogP contribution in [0.2, 0.25) is 0 Å². The molecule has 0 aromatic carbocycles. The van der Waals surface area contributed by atoms with Crippen molar-refractivity contribution in [1.82, 2.24) is 9.97 Å². The quantitative estimate of drug-likeness (QED) is 0.630. The number of aromatic nitrogens is 2. The molecule has 1 aliphatic rings. The Labute approximate surface area is 117 Å². The van der Waals surface area contributed by atoms with Crippen molar-refractivity contribution in [3.05, 3.63) is 17.0 Å². The molecule has 0 bridgehead atoms. The Morgan fingerprint density at radius 1 is 1.37 bits per heavy atom. The van der Waals surface area contributed by atoms with Crippen molar-refractivity contribution in [2.45, 2.75) is 44.3 Å². The number of hydrogen-bond donors (Lipinski definition) is 2. The molecule has 0 amide bonds. The van der Waals surface area contributed by atoms with Crippen LogP contribution >= 0.6 is 11.8 Å². The van der Waals surface area contributed by atoms with E-state index in [9.17, 15) is 9.90 Å². The lowest BCUT2D eigenvalue weighted by atomic mass is 9.98. The number of aryl methyl sites for hydroxylation is 2. The van der Waals surface area contributed by atoms with Gasteiger partial charge in [0, 0.05) is 17.1 Å². The Hall–Kier alpha value is -1.14. The number of carboxylic acid groups (broad SMARTS) is 1. The van der Waals surface area contributed by atoms with Crippen molar-refractivity contribution in [3.8, 4) is 0 Å². The summed E-state index contributed by atoms with van der Waals surface area (Å²) in [6.07, 6.45) is 1.80. The number of carboxylic acids is 1. The van der Waals surface area contributed by atoms with Crippen LogP contribution < -0.4 is 5.73 Å². The smallest absolute Gasteiger partial charge is 0.324 e. The second kappa shape index (κ2) is 5.09. The molecule has 0 saturated heterocycles. The molecule has 0 aliphatic heterocycles. The van der Waals surface area contributed by atoms with Gasteiger partial charge in [0.25, 0.3) is 0 Å². The van der Waals surface area contributed by atoms with Crippen LogP contribution in [0.4, 0.5) is 0 Å². The maximum absolute atomic E-state index is 11.3. The highest BCUT2D eigenvalue weighted by molar-refractivity contribution is 7.99. The lowest BCUT2D eigenvalue weighted by molar-refractivity contribution is -0.143. The van der Waals surface area contributed by atoms with Gasteiger partial charge in [-0.1, -0.05) is 11.8 Å². The third kappa shape index (κ3) is 2.90. The van der Waals surface area contributed by atoms with Gasteiger partial charge in [-0.25, -0.2) is 9.97 Å². The van der Waals surface area contributed by atoms with E-state index in [2.05, 4.69) is 9.97 Å². The van der Waals surface area contributed by atoms with Gasteiger partial charge in [-0.3, -0.25) is 4.79 Å². The van der Waals surface area contributed by atoms with Crippen molar-refractivity contribution in [3.63, 3.8) is 0 Å². The van der Waals surface area contributed by atoms with Crippen LogP contribution in [0, 0.1) is 26.7 Å². The van der Waals surface area contributed by atoms with Gasteiger partial charge in [0.1, 0.15) is 5.54 Å². The molecule has 1 atom stereocenters. The van der Waals surface area contributed by atoms with Crippen molar-refractivity contribution < 1.29 is 9.90 Å². The molecule has 5 nitrogen and oxygen atoms in total. The maximum atomic E-state index is 11.3. The summed E-state index contributed by atoms with van der Waals surface area (Å²) in [4.78, 5) is 20.1. The van der Waals surface area contributed by atoms with Crippen LogP contribution in [-0.2, 0) is 4.79 Å². The molecular formula is C13H19N3O2S. The average molecular weight is 281 g/mol. The molecule has 104 valence electrons. The highest BCUT2D eigenvalue weighted by atomic mass is 32.2. The largest absolute Gasteiger partial charge is 0.480 e. The number of thioether (sulfide) groups is 1. The van der Waals surface area contributed by atoms with Crippen LogP contribution in [0.3, 0.4) is 0 Å². The molecule has 1 unspecified atom stereocenters. The Morgan fingerprint density at radius 2 is 1.89 bits per heavy atom. The van der Waals surface area contributed by atoms with Gasteiger partial charge in [-0.15, -0.1) is 0 Å². The van der Waals surface area contributed by atoms with Gasteiger partial charge in [0.2, 0.25) is 0 Å². The summed E-state index contributed by atoms with van der Waals surface area (Å²) in [5.41, 5.74) is 7.80. The molecule has 0 spiro atoms. The summed E-state index contributed by atoms with van der Waals surface area (Å²) in [5, 5.41) is 9.90. The normalized spacial score (nSPS) is 18.1. The highest BCUT2D eigenvalue weighted by Gasteiger charge is 2.48. The molecule has 1 saturated carbocycles. The minimum Gasteiger partial charge on any atom is -0.480 e. The van der Waals surface area contributed by atoms with Gasteiger partial charge in [0.15, 0.2) is 5.16 Å². The van der Waals surface area contributed by atoms with Gasteiger partial charge < -0.3 is 10.8 Å². The first-order chi connectivity index (χ1) is 8.84. The first-order valence-corrected chi connectivity index (χ1v) is 7.30. The molecule has 1 heterocycles. The highest BCUT2D eigenvalue weighted by Crippen LogP contribution is 2.40. The molecule has 3 N–H and O–H groups in total. The van der Waals surface area contributed by atoms with E-state index in [0.717, 1.165) is 29.8 Å². The Morgan fingerprint density at radius 3 is 2.32 bits per heavy atom. The molecular weight excluding hydrogens is 262 g/mol. The average Bonchev–Trinajstić information content (AvgIpc) is 3.16. The maximum Gasteiger partial charge on any atom is 0.324 e. The monoisotopic (exact) mass is 281 g/mol. The number of nitrogens with zero attached hydrogens (tertiary/aromatic N) is 2. The molecule has 1 aliphatic carbocycles. The molecule has 0 radical (unpaired) electrons. The number of nitrogens with two attached hydrogens (primary N) is 1. The Bertz CT molecular complexity index is 494. The molecule has 1 aromatic heterocycles. The molecule has 1 fully saturated rings. The van der Waals surface area contributed by atoms with Crippen molar-refractivity contribution in [2.24, 2.45) is 11.7 Å². The summed E-state index contributed by atoms with van der Waals surface area (Å²) < 4.78 is 0. The van der Waals surface area contributed by atoms with E-state index in [4.69, 9.17) is 5.73 Å². The van der Waals surface area contributed by atoms with E-state index < -0.39 is 11.5 Å². The van der Waals surface area contributed by atoms with E-state index in [0.29, 0.717) is 10.9 Å². The zero-order chi connectivity index (χ0) is 14.2. The Balaban J connectivity index is 2.11. The second-order valence-corrected chi connectivity index (χ2v) is 6.15. The minimum atomic E-state index is -1.15. The van der Waals surface area contributed by atoms with Gasteiger partial charge in [-0.2, -0.15) is 0 Å². The fourth-order valence-electron chi connectivity index (χ4n) is 1.94. The van der Waals surface area contributed by atoms with E-state index in [-0.39, 0.29) is 5.92 Å². The first kappa shape index (κ1) is 14.3. The summed E-state index contributed by atoms with van der Waals surface area (Å²) in [5.74, 6) is -0.525. The number of rotatable bonds is 5. The second-order valence-electron chi connectivity index (χ2n) is 5.21. The fourth-order valence-corrected chi connectivity index (χ4v) is 3.07. The lowest BCUT2D eigenvalue weighted by Gasteiger charge is -2.23. The molecule has 19 heavy (non-hydrogen) atoms. The van der Waals surface area contributed by atoms with E-state index in [1.54, 1.807) is 0 Å². The van der Waals surface area contributed by atoms with Gasteiger partial charge in [-0.05, 0) is 45.1 Å². The van der Waals surface area contributed by atoms with Crippen molar-refractivity contribution in [2.75, 3.05) is 5.75 Å². The van der Waals surface area contributed by atoms with Gasteiger partial charge in [0.05, 0.1) is 0 Å². The fraction of sp³-hybridized carbons (Fsp3) is 0.615. The summed E-state index contributed by atoms with van der Waals surface area (Å²) in [7, 11) is 0. The minimum absolute atomic E-state index is 0.0881. The lowest BCUT2D eigenvalue weighted by Crippen LogP contribution is -2.52. The van der Waals surface area contributed by atoms with E-state index in [1.165, 1.54) is 11.8 Å². The van der Waals surface area contributed by atoms with Crippen LogP contribution in [0.5, 0.6) is 0 Å². The standard InChI is InChI=1S/C13H19N3O2S/c1-7-8(2)15-12(16-9(7)3)19-6-13(14,11(17)18)10-4-5-10/h10H,4-6,14H2,1-3H3,(H,17,18). The van der Waals surface area contributed by atoms with Crippen molar-refractivity contribution >= 4 is 17.7 Å². The van der Waals surface area contributed by atoms with E-state index >= 15 is 0 Å². The molecule has 1 aromatic rings. The number of hydrogen-bond acceptors (Lipinski definition) is 5. The van der Waals surface area contributed by atoms with Crippen LogP contribution in [0.15, 0.2) is 5.16 Å². The zero-order valence-corrected chi connectivity index (χ0v) is 12.3. The summed E-state index contributed by atoms with van der Waals surface area (Å²) in [6.45, 7) is 5.84. The summed E-state index contributed by atoms with van der Waals surface area (Å²) >= 11 is 1.33. The summed E-state index contributed by atoms with van der Waals surface area (Å²) in [6, 6.07) is 0. The molecule has 6 heteroatoms. The predicted molar refractivity (Wildman–Crippen MR) is 74.2 cm³/mol. The van der Waals surface area contributed by atoms with Crippen LogP contribution in [0.1, 0.15) is 29.8 Å². The van der Waals surface area contributed by atoms with Crippen LogP contribution in [-0.4, -0.2) is 32.3 Å². The van der Waals surface area contributed by atoms with Gasteiger partial charge >= 0.3 is 5.97 Å².